The van der Waals surface area contributed by atoms with Crippen molar-refractivity contribution in [1.82, 2.24) is 14.5 Å². The Hall–Kier alpha value is -2.08. The first-order valence-corrected chi connectivity index (χ1v) is 9.23. The molecule has 1 aromatic heterocycles. The molecular weight excluding hydrogens is 330 g/mol. The van der Waals surface area contributed by atoms with Gasteiger partial charge in [0.25, 0.3) is 0 Å². The van der Waals surface area contributed by atoms with Crippen LogP contribution in [0, 0.1) is 19.8 Å². The maximum absolute atomic E-state index is 12.4. The summed E-state index contributed by atoms with van der Waals surface area (Å²) in [4.78, 5) is 18.8. The quantitative estimate of drug-likeness (QED) is 0.892. The highest BCUT2D eigenvalue weighted by Gasteiger charge is 2.35. The largest absolute Gasteiger partial charge is 0.444 e. The number of aliphatic hydroxyl groups excluding tert-OH is 1. The van der Waals surface area contributed by atoms with Crippen LogP contribution in [0.1, 0.15) is 44.6 Å². The Morgan fingerprint density at radius 3 is 2.73 bits per heavy atom. The Labute approximate surface area is 154 Å². The first-order valence-electron chi connectivity index (χ1n) is 9.23. The first-order chi connectivity index (χ1) is 12.2. The summed E-state index contributed by atoms with van der Waals surface area (Å²) >= 11 is 0. The maximum atomic E-state index is 12.4. The standard InChI is InChI=1S/C20H29N3O3/c1-13-6-7-18-16(10-13)21-14(2)23(18)17-8-9-22(11-15(17)12-24)19(25)26-20(3,4)5/h6-7,10,15,17,24H,8-9,11-12H2,1-5H3/t15-,17+/m1/s1. The molecule has 1 amide bonds. The second kappa shape index (κ2) is 6.91. The van der Waals surface area contributed by atoms with E-state index in [1.165, 1.54) is 5.56 Å². The molecule has 6 heteroatoms. The second-order valence-corrected chi connectivity index (χ2v) is 8.25. The van der Waals surface area contributed by atoms with Crippen LogP contribution in [0.3, 0.4) is 0 Å². The number of fused-ring (bicyclic) bond motifs is 1. The summed E-state index contributed by atoms with van der Waals surface area (Å²) in [5.74, 6) is 0.897. The van der Waals surface area contributed by atoms with E-state index in [9.17, 15) is 9.90 Å². The lowest BCUT2D eigenvalue weighted by Gasteiger charge is -2.39. The topological polar surface area (TPSA) is 67.6 Å². The van der Waals surface area contributed by atoms with Gasteiger partial charge in [-0.25, -0.2) is 9.78 Å². The second-order valence-electron chi connectivity index (χ2n) is 8.25. The summed E-state index contributed by atoms with van der Waals surface area (Å²) in [7, 11) is 0. The SMILES string of the molecule is Cc1ccc2c(c1)nc(C)n2[C@H]1CCN(C(=O)OC(C)(C)C)C[C@@H]1CO. The number of benzene rings is 1. The van der Waals surface area contributed by atoms with Gasteiger partial charge < -0.3 is 19.3 Å². The van der Waals surface area contributed by atoms with Crippen LogP contribution in [0.15, 0.2) is 18.2 Å². The lowest BCUT2D eigenvalue weighted by Crippen LogP contribution is -2.47. The summed E-state index contributed by atoms with van der Waals surface area (Å²) in [6.07, 6.45) is 0.460. The van der Waals surface area contributed by atoms with E-state index in [0.717, 1.165) is 23.3 Å². The molecule has 1 aliphatic rings. The Kier molecular flexibility index (Phi) is 4.97. The number of nitrogens with zero attached hydrogens (tertiary/aromatic N) is 3. The van der Waals surface area contributed by atoms with Crippen molar-refractivity contribution in [3.63, 3.8) is 0 Å². The minimum atomic E-state index is -0.516. The molecule has 2 atom stereocenters. The molecule has 0 radical (unpaired) electrons. The predicted octanol–water partition coefficient (Wildman–Crippen LogP) is 3.44. The molecule has 1 saturated heterocycles. The number of aromatic nitrogens is 2. The van der Waals surface area contributed by atoms with Gasteiger partial charge in [0.2, 0.25) is 0 Å². The minimum absolute atomic E-state index is 0.0228. The summed E-state index contributed by atoms with van der Waals surface area (Å²) in [5, 5.41) is 9.99. The van der Waals surface area contributed by atoms with Crippen LogP contribution in [0.25, 0.3) is 11.0 Å². The van der Waals surface area contributed by atoms with Crippen molar-refractivity contribution in [3.05, 3.63) is 29.6 Å². The number of amides is 1. The van der Waals surface area contributed by atoms with Gasteiger partial charge in [-0.3, -0.25) is 0 Å². The smallest absolute Gasteiger partial charge is 0.410 e. The predicted molar refractivity (Wildman–Crippen MR) is 101 cm³/mol. The number of rotatable bonds is 2. The number of ether oxygens (including phenoxy) is 1. The van der Waals surface area contributed by atoms with Gasteiger partial charge in [-0.05, 0) is 58.7 Å². The van der Waals surface area contributed by atoms with Crippen molar-refractivity contribution in [1.29, 1.82) is 0 Å². The summed E-state index contributed by atoms with van der Waals surface area (Å²) in [6, 6.07) is 6.39. The number of aliphatic hydroxyl groups is 1. The average molecular weight is 359 g/mol. The van der Waals surface area contributed by atoms with Crippen LogP contribution in [0.4, 0.5) is 4.79 Å². The van der Waals surface area contributed by atoms with E-state index in [2.05, 4.69) is 29.7 Å². The third-order valence-electron chi connectivity index (χ3n) is 4.93. The van der Waals surface area contributed by atoms with Crippen molar-refractivity contribution < 1.29 is 14.6 Å². The Balaban J connectivity index is 1.85. The van der Waals surface area contributed by atoms with Gasteiger partial charge in [0.15, 0.2) is 0 Å². The van der Waals surface area contributed by atoms with Crippen LogP contribution in [-0.2, 0) is 4.74 Å². The lowest BCUT2D eigenvalue weighted by atomic mass is 9.92. The highest BCUT2D eigenvalue weighted by atomic mass is 16.6. The van der Waals surface area contributed by atoms with Crippen molar-refractivity contribution in [2.24, 2.45) is 5.92 Å². The monoisotopic (exact) mass is 359 g/mol. The molecule has 0 unspecified atom stereocenters. The van der Waals surface area contributed by atoms with Gasteiger partial charge in [0.1, 0.15) is 11.4 Å². The molecule has 1 fully saturated rings. The van der Waals surface area contributed by atoms with Crippen molar-refractivity contribution >= 4 is 17.1 Å². The molecular formula is C20H29N3O3. The van der Waals surface area contributed by atoms with Crippen LogP contribution in [-0.4, -0.2) is 50.9 Å². The summed E-state index contributed by atoms with van der Waals surface area (Å²) < 4.78 is 7.71. The molecule has 0 bridgehead atoms. The van der Waals surface area contributed by atoms with Crippen LogP contribution >= 0.6 is 0 Å². The molecule has 26 heavy (non-hydrogen) atoms. The van der Waals surface area contributed by atoms with Crippen LogP contribution in [0.2, 0.25) is 0 Å². The number of hydrogen-bond donors (Lipinski definition) is 1. The van der Waals surface area contributed by atoms with Crippen LogP contribution < -0.4 is 0 Å². The number of aryl methyl sites for hydroxylation is 2. The fraction of sp³-hybridized carbons (Fsp3) is 0.600. The first kappa shape index (κ1) is 18.7. The zero-order valence-electron chi connectivity index (χ0n) is 16.3. The van der Waals surface area contributed by atoms with E-state index in [1.54, 1.807) is 4.90 Å². The van der Waals surface area contributed by atoms with E-state index < -0.39 is 5.60 Å². The molecule has 6 nitrogen and oxygen atoms in total. The van der Waals surface area contributed by atoms with E-state index in [-0.39, 0.29) is 24.7 Å². The van der Waals surface area contributed by atoms with Crippen molar-refractivity contribution in [2.75, 3.05) is 19.7 Å². The van der Waals surface area contributed by atoms with Gasteiger partial charge in [0.05, 0.1) is 11.0 Å². The van der Waals surface area contributed by atoms with Gasteiger partial charge in [0, 0.05) is 31.7 Å². The molecule has 0 saturated carbocycles. The highest BCUT2D eigenvalue weighted by molar-refractivity contribution is 5.77. The van der Waals surface area contributed by atoms with Crippen molar-refractivity contribution in [3.8, 4) is 0 Å². The minimum Gasteiger partial charge on any atom is -0.444 e. The Bertz CT molecular complexity index is 806. The third kappa shape index (κ3) is 3.70. The molecule has 0 spiro atoms. The Morgan fingerprint density at radius 2 is 2.08 bits per heavy atom. The molecule has 2 aromatic rings. The number of carbonyl (C=O) groups excluding carboxylic acids is 1. The molecule has 1 aromatic carbocycles. The fourth-order valence-electron chi connectivity index (χ4n) is 3.78. The van der Waals surface area contributed by atoms with E-state index in [1.807, 2.05) is 27.7 Å². The fourth-order valence-corrected chi connectivity index (χ4v) is 3.78. The van der Waals surface area contributed by atoms with E-state index in [0.29, 0.717) is 13.1 Å². The van der Waals surface area contributed by atoms with Gasteiger partial charge in [-0.2, -0.15) is 0 Å². The van der Waals surface area contributed by atoms with Gasteiger partial charge in [-0.15, -0.1) is 0 Å². The number of hydrogen-bond acceptors (Lipinski definition) is 4. The number of imidazole rings is 1. The van der Waals surface area contributed by atoms with Crippen LogP contribution in [0.5, 0.6) is 0 Å². The summed E-state index contributed by atoms with van der Waals surface area (Å²) in [6.45, 7) is 10.8. The normalized spacial score (nSPS) is 21.2. The number of piperidine rings is 1. The zero-order chi connectivity index (χ0) is 19.1. The van der Waals surface area contributed by atoms with Gasteiger partial charge in [-0.1, -0.05) is 6.07 Å². The molecule has 2 heterocycles. The highest BCUT2D eigenvalue weighted by Crippen LogP contribution is 2.33. The molecule has 1 aliphatic heterocycles. The molecule has 0 aliphatic carbocycles. The maximum Gasteiger partial charge on any atom is 0.410 e. The zero-order valence-corrected chi connectivity index (χ0v) is 16.3. The average Bonchev–Trinajstić information content (AvgIpc) is 2.87. The van der Waals surface area contributed by atoms with E-state index in [4.69, 9.17) is 9.72 Å². The lowest BCUT2D eigenvalue weighted by molar-refractivity contribution is 0.00565. The summed E-state index contributed by atoms with van der Waals surface area (Å²) in [5.41, 5.74) is 2.73. The number of likely N-dealkylation sites (tertiary alicyclic amines) is 1. The van der Waals surface area contributed by atoms with Crippen molar-refractivity contribution in [2.45, 2.75) is 52.7 Å². The third-order valence-corrected chi connectivity index (χ3v) is 4.93. The van der Waals surface area contributed by atoms with E-state index >= 15 is 0 Å². The molecule has 142 valence electrons. The Morgan fingerprint density at radius 1 is 1.35 bits per heavy atom. The van der Waals surface area contributed by atoms with Gasteiger partial charge >= 0.3 is 6.09 Å². The molecule has 3 rings (SSSR count). The molecule has 1 N–H and O–H groups in total. The number of carbonyl (C=O) groups is 1.